The lowest BCUT2D eigenvalue weighted by Gasteiger charge is -2.14. The number of aryl methyl sites for hydroxylation is 1. The normalized spacial score (nSPS) is 10.9. The van der Waals surface area contributed by atoms with Crippen LogP contribution in [0.5, 0.6) is 17.2 Å². The molecule has 2 aromatic carbocycles. The Morgan fingerprint density at radius 3 is 2.31 bits per heavy atom. The molecule has 1 aromatic heterocycles. The number of methoxy groups -OCH3 is 3. The maximum absolute atomic E-state index is 12.9. The van der Waals surface area contributed by atoms with Crippen LogP contribution in [0.4, 0.5) is 0 Å². The van der Waals surface area contributed by atoms with E-state index in [1.165, 1.54) is 47.0 Å². The molecule has 0 atom stereocenters. The van der Waals surface area contributed by atoms with Crippen molar-refractivity contribution in [3.05, 3.63) is 47.8 Å². The van der Waals surface area contributed by atoms with Gasteiger partial charge in [-0.3, -0.25) is 4.79 Å². The molecule has 7 nitrogen and oxygen atoms in total. The number of para-hydroxylation sites is 2. The predicted molar refractivity (Wildman–Crippen MR) is 126 cm³/mol. The summed E-state index contributed by atoms with van der Waals surface area (Å²) in [5.74, 6) is 1.96. The number of carbonyl (C=O) groups is 1. The monoisotopic (exact) mass is 439 g/mol. The molecule has 0 fully saturated rings. The number of nitrogens with zero attached hydrogens (tertiary/aromatic N) is 2. The fourth-order valence-corrected chi connectivity index (χ4v) is 3.86. The van der Waals surface area contributed by atoms with Gasteiger partial charge in [-0.05, 0) is 30.7 Å². The predicted octanol–water partition coefficient (Wildman–Crippen LogP) is 4.96. The smallest absolute Gasteiger partial charge is 0.251 e. The summed E-state index contributed by atoms with van der Waals surface area (Å²) in [6.45, 7) is 3.44. The second-order valence-corrected chi connectivity index (χ2v) is 7.68. The van der Waals surface area contributed by atoms with Gasteiger partial charge in [-0.1, -0.05) is 44.7 Å². The summed E-state index contributed by atoms with van der Waals surface area (Å²) >= 11 is 0. The highest BCUT2D eigenvalue weighted by molar-refractivity contribution is 5.95. The Kier molecular flexibility index (Phi) is 8.36. The molecule has 172 valence electrons. The van der Waals surface area contributed by atoms with Crippen LogP contribution < -0.4 is 19.5 Å². The van der Waals surface area contributed by atoms with Crippen molar-refractivity contribution < 1.29 is 19.0 Å². The standard InChI is InChI=1S/C25H33N3O4/c1-5-6-7-8-11-14-28-20-13-10-9-12-19(20)27-23(28)17-26-25(29)18-15-21(30-2)24(32-4)22(16-18)31-3/h9-10,12-13,15-16H,5-8,11,14,17H2,1-4H3,(H,26,29). The van der Waals surface area contributed by atoms with Gasteiger partial charge < -0.3 is 24.1 Å². The van der Waals surface area contributed by atoms with Gasteiger partial charge in [0.15, 0.2) is 11.5 Å². The van der Waals surface area contributed by atoms with Gasteiger partial charge in [-0.2, -0.15) is 0 Å². The fourth-order valence-electron chi connectivity index (χ4n) is 3.86. The van der Waals surface area contributed by atoms with Gasteiger partial charge in [0.25, 0.3) is 5.91 Å². The quantitative estimate of drug-likeness (QED) is 0.404. The molecule has 0 unspecified atom stereocenters. The van der Waals surface area contributed by atoms with E-state index in [0.717, 1.165) is 29.8 Å². The molecule has 0 radical (unpaired) electrons. The zero-order valence-electron chi connectivity index (χ0n) is 19.4. The van der Waals surface area contributed by atoms with Gasteiger partial charge in [0.1, 0.15) is 5.82 Å². The van der Waals surface area contributed by atoms with Crippen LogP contribution in [0.25, 0.3) is 11.0 Å². The van der Waals surface area contributed by atoms with Crippen molar-refractivity contribution in [3.8, 4) is 17.2 Å². The van der Waals surface area contributed by atoms with E-state index in [2.05, 4.69) is 22.9 Å². The van der Waals surface area contributed by atoms with Crippen LogP contribution in [0.1, 0.15) is 55.2 Å². The van der Waals surface area contributed by atoms with Crippen LogP contribution in [0.3, 0.4) is 0 Å². The topological polar surface area (TPSA) is 74.6 Å². The number of rotatable bonds is 12. The van der Waals surface area contributed by atoms with Crippen molar-refractivity contribution in [2.45, 2.75) is 52.1 Å². The van der Waals surface area contributed by atoms with Gasteiger partial charge >= 0.3 is 0 Å². The molecule has 0 saturated carbocycles. The average Bonchev–Trinajstić information content (AvgIpc) is 3.18. The second kappa shape index (κ2) is 11.4. The Labute approximate surface area is 189 Å². The molecule has 3 aromatic rings. The third kappa shape index (κ3) is 5.33. The number of hydrogen-bond donors (Lipinski definition) is 1. The lowest BCUT2D eigenvalue weighted by Crippen LogP contribution is -2.25. The first kappa shape index (κ1) is 23.4. The first-order chi connectivity index (χ1) is 15.6. The highest BCUT2D eigenvalue weighted by Gasteiger charge is 2.18. The minimum atomic E-state index is -0.231. The summed E-state index contributed by atoms with van der Waals surface area (Å²) in [7, 11) is 4.59. The number of nitrogens with one attached hydrogen (secondary N) is 1. The van der Waals surface area contributed by atoms with Crippen molar-refractivity contribution in [2.24, 2.45) is 0 Å². The highest BCUT2D eigenvalue weighted by atomic mass is 16.5. The molecule has 0 saturated heterocycles. The summed E-state index contributed by atoms with van der Waals surface area (Å²) < 4.78 is 18.3. The second-order valence-electron chi connectivity index (χ2n) is 7.68. The highest BCUT2D eigenvalue weighted by Crippen LogP contribution is 2.38. The van der Waals surface area contributed by atoms with Crippen molar-refractivity contribution in [2.75, 3.05) is 21.3 Å². The molecule has 1 N–H and O–H groups in total. The summed E-state index contributed by atoms with van der Waals surface area (Å²) in [5.41, 5.74) is 2.47. The van der Waals surface area contributed by atoms with Gasteiger partial charge in [0, 0.05) is 12.1 Å². The zero-order valence-corrected chi connectivity index (χ0v) is 19.4. The van der Waals surface area contributed by atoms with E-state index in [1.807, 2.05) is 18.2 Å². The van der Waals surface area contributed by atoms with Gasteiger partial charge in [-0.15, -0.1) is 0 Å². The molecule has 0 aliphatic heterocycles. The van der Waals surface area contributed by atoms with Crippen molar-refractivity contribution in [1.82, 2.24) is 14.9 Å². The molecule has 1 heterocycles. The molecule has 1 amide bonds. The summed E-state index contributed by atoms with van der Waals surface area (Å²) in [5, 5.41) is 2.99. The first-order valence-corrected chi connectivity index (χ1v) is 11.1. The van der Waals surface area contributed by atoms with Crippen LogP contribution in [-0.4, -0.2) is 36.8 Å². The zero-order chi connectivity index (χ0) is 22.9. The molecule has 32 heavy (non-hydrogen) atoms. The molecule has 0 aliphatic carbocycles. The molecule has 3 rings (SSSR count). The Bertz CT molecular complexity index is 1020. The van der Waals surface area contributed by atoms with Crippen LogP contribution in [-0.2, 0) is 13.1 Å². The largest absolute Gasteiger partial charge is 0.493 e. The average molecular weight is 440 g/mol. The van der Waals surface area contributed by atoms with E-state index >= 15 is 0 Å². The first-order valence-electron chi connectivity index (χ1n) is 11.1. The van der Waals surface area contributed by atoms with Gasteiger partial charge in [0.05, 0.1) is 38.9 Å². The number of imidazole rings is 1. The van der Waals surface area contributed by atoms with Crippen molar-refractivity contribution in [1.29, 1.82) is 0 Å². The number of aromatic nitrogens is 2. The van der Waals surface area contributed by atoms with E-state index in [-0.39, 0.29) is 5.91 Å². The number of unbranched alkanes of at least 4 members (excludes halogenated alkanes) is 4. The van der Waals surface area contributed by atoms with Gasteiger partial charge in [0.2, 0.25) is 5.75 Å². The Morgan fingerprint density at radius 1 is 0.969 bits per heavy atom. The fraction of sp³-hybridized carbons (Fsp3) is 0.440. The third-order valence-corrected chi connectivity index (χ3v) is 5.55. The Morgan fingerprint density at radius 2 is 1.66 bits per heavy atom. The Hall–Kier alpha value is -3.22. The van der Waals surface area contributed by atoms with Crippen LogP contribution in [0.15, 0.2) is 36.4 Å². The molecular formula is C25H33N3O4. The number of ether oxygens (including phenoxy) is 3. The third-order valence-electron chi connectivity index (χ3n) is 5.55. The van der Waals surface area contributed by atoms with E-state index in [0.29, 0.717) is 29.4 Å². The Balaban J connectivity index is 1.77. The van der Waals surface area contributed by atoms with Gasteiger partial charge in [-0.25, -0.2) is 4.98 Å². The number of hydrogen-bond acceptors (Lipinski definition) is 5. The molecule has 0 bridgehead atoms. The van der Waals surface area contributed by atoms with Crippen molar-refractivity contribution >= 4 is 16.9 Å². The SMILES string of the molecule is CCCCCCCn1c(CNC(=O)c2cc(OC)c(OC)c(OC)c2)nc2ccccc21. The van der Waals surface area contributed by atoms with Crippen LogP contribution in [0, 0.1) is 0 Å². The number of benzene rings is 2. The number of carbonyl (C=O) groups excluding carboxylic acids is 1. The van der Waals surface area contributed by atoms with E-state index in [9.17, 15) is 4.79 Å². The van der Waals surface area contributed by atoms with Crippen LogP contribution >= 0.6 is 0 Å². The maximum Gasteiger partial charge on any atom is 0.251 e. The summed E-state index contributed by atoms with van der Waals surface area (Å²) in [4.78, 5) is 17.7. The molecular weight excluding hydrogens is 406 g/mol. The molecule has 0 spiro atoms. The lowest BCUT2D eigenvalue weighted by molar-refractivity contribution is 0.0948. The molecule has 0 aliphatic rings. The van der Waals surface area contributed by atoms with Crippen molar-refractivity contribution in [3.63, 3.8) is 0 Å². The maximum atomic E-state index is 12.9. The summed E-state index contributed by atoms with van der Waals surface area (Å²) in [6.07, 6.45) is 6.02. The van der Waals surface area contributed by atoms with E-state index in [1.54, 1.807) is 12.1 Å². The minimum absolute atomic E-state index is 0.231. The van der Waals surface area contributed by atoms with Crippen LogP contribution in [0.2, 0.25) is 0 Å². The summed E-state index contributed by atoms with van der Waals surface area (Å²) in [6, 6.07) is 11.4. The minimum Gasteiger partial charge on any atom is -0.493 e. The number of fused-ring (bicyclic) bond motifs is 1. The lowest BCUT2D eigenvalue weighted by atomic mass is 10.1. The van der Waals surface area contributed by atoms with E-state index in [4.69, 9.17) is 19.2 Å². The van der Waals surface area contributed by atoms with E-state index < -0.39 is 0 Å². The number of amides is 1. The molecule has 7 heteroatoms.